The van der Waals surface area contributed by atoms with Gasteiger partial charge in [-0.15, -0.1) is 0 Å². The van der Waals surface area contributed by atoms with Crippen LogP contribution in [0, 0.1) is 5.92 Å². The first-order valence-electron chi connectivity index (χ1n) is 7.27. The lowest BCUT2D eigenvalue weighted by atomic mass is 9.91. The fourth-order valence-electron chi connectivity index (χ4n) is 2.78. The minimum Gasteiger partial charge on any atom is -0.493 e. The SMILES string of the molecule is COc1ccc(Br)c(C2(CC(=O)O)CC2)c1OCC1CC1. The van der Waals surface area contributed by atoms with Gasteiger partial charge in [-0.3, -0.25) is 4.79 Å². The molecule has 2 aliphatic rings. The lowest BCUT2D eigenvalue weighted by Gasteiger charge is -2.22. The van der Waals surface area contributed by atoms with Crippen molar-refractivity contribution in [2.45, 2.75) is 37.5 Å². The first-order chi connectivity index (χ1) is 10.1. The smallest absolute Gasteiger partial charge is 0.304 e. The summed E-state index contributed by atoms with van der Waals surface area (Å²) < 4.78 is 12.4. The van der Waals surface area contributed by atoms with E-state index in [1.54, 1.807) is 7.11 Å². The Balaban J connectivity index is 1.97. The Morgan fingerprint density at radius 3 is 2.67 bits per heavy atom. The predicted octanol–water partition coefficient (Wildman–Crippen LogP) is 3.75. The summed E-state index contributed by atoms with van der Waals surface area (Å²) in [4.78, 5) is 11.2. The van der Waals surface area contributed by atoms with Gasteiger partial charge in [-0.1, -0.05) is 15.9 Å². The second kappa shape index (κ2) is 5.52. The third kappa shape index (κ3) is 3.03. The molecule has 3 rings (SSSR count). The third-order valence-corrected chi connectivity index (χ3v) is 4.99. The first-order valence-corrected chi connectivity index (χ1v) is 8.06. The fraction of sp³-hybridized carbons (Fsp3) is 0.562. The van der Waals surface area contributed by atoms with Gasteiger partial charge >= 0.3 is 5.97 Å². The van der Waals surface area contributed by atoms with Crippen LogP contribution in [-0.2, 0) is 10.2 Å². The van der Waals surface area contributed by atoms with E-state index in [4.69, 9.17) is 9.47 Å². The number of rotatable bonds is 7. The van der Waals surface area contributed by atoms with Gasteiger partial charge in [0.25, 0.3) is 0 Å². The zero-order valence-corrected chi connectivity index (χ0v) is 13.6. The normalized spacial score (nSPS) is 19.1. The number of hydrogen-bond donors (Lipinski definition) is 1. The van der Waals surface area contributed by atoms with Crippen LogP contribution in [0.2, 0.25) is 0 Å². The molecule has 0 saturated heterocycles. The quantitative estimate of drug-likeness (QED) is 0.809. The molecule has 0 atom stereocenters. The monoisotopic (exact) mass is 354 g/mol. The number of ether oxygens (including phenoxy) is 2. The van der Waals surface area contributed by atoms with Gasteiger partial charge in [0, 0.05) is 15.5 Å². The number of methoxy groups -OCH3 is 1. The molecule has 4 nitrogen and oxygen atoms in total. The van der Waals surface area contributed by atoms with Gasteiger partial charge in [-0.2, -0.15) is 0 Å². The van der Waals surface area contributed by atoms with E-state index in [0.717, 1.165) is 28.6 Å². The number of aliphatic carboxylic acids is 1. The molecule has 0 radical (unpaired) electrons. The van der Waals surface area contributed by atoms with Gasteiger partial charge in [0.1, 0.15) is 0 Å². The minimum absolute atomic E-state index is 0.137. The molecule has 0 spiro atoms. The highest BCUT2D eigenvalue weighted by molar-refractivity contribution is 9.10. The molecule has 2 aliphatic carbocycles. The van der Waals surface area contributed by atoms with Crippen LogP contribution in [0.1, 0.15) is 37.7 Å². The number of carboxylic acids is 1. The van der Waals surface area contributed by atoms with Gasteiger partial charge in [0.15, 0.2) is 11.5 Å². The molecule has 0 heterocycles. The van der Waals surface area contributed by atoms with Crippen molar-refractivity contribution in [1.29, 1.82) is 0 Å². The van der Waals surface area contributed by atoms with E-state index < -0.39 is 5.97 Å². The van der Waals surface area contributed by atoms with Crippen molar-refractivity contribution in [3.8, 4) is 11.5 Å². The molecule has 1 N–H and O–H groups in total. The second-order valence-corrected chi connectivity index (χ2v) is 6.91. The number of carboxylic acid groups (broad SMARTS) is 1. The van der Waals surface area contributed by atoms with Crippen LogP contribution >= 0.6 is 15.9 Å². The van der Waals surface area contributed by atoms with Crippen molar-refractivity contribution in [2.75, 3.05) is 13.7 Å². The van der Waals surface area contributed by atoms with Gasteiger partial charge in [0.2, 0.25) is 0 Å². The Hall–Kier alpha value is -1.23. The Morgan fingerprint density at radius 2 is 2.14 bits per heavy atom. The molecule has 0 unspecified atom stereocenters. The van der Waals surface area contributed by atoms with Gasteiger partial charge in [-0.25, -0.2) is 0 Å². The van der Waals surface area contributed by atoms with Crippen LogP contribution < -0.4 is 9.47 Å². The van der Waals surface area contributed by atoms with E-state index in [0.29, 0.717) is 18.3 Å². The Labute approximate surface area is 132 Å². The van der Waals surface area contributed by atoms with Crippen LogP contribution in [-0.4, -0.2) is 24.8 Å². The maximum atomic E-state index is 11.2. The lowest BCUT2D eigenvalue weighted by molar-refractivity contribution is -0.137. The van der Waals surface area contributed by atoms with E-state index in [2.05, 4.69) is 15.9 Å². The van der Waals surface area contributed by atoms with Crippen molar-refractivity contribution < 1.29 is 19.4 Å². The van der Waals surface area contributed by atoms with Crippen molar-refractivity contribution in [3.05, 3.63) is 22.2 Å². The standard InChI is InChI=1S/C16H19BrO4/c1-20-12-5-4-11(17)14(15(12)21-9-10-2-3-10)16(6-7-16)8-13(18)19/h4-5,10H,2-3,6-9H2,1H3,(H,18,19). The van der Waals surface area contributed by atoms with Crippen molar-refractivity contribution in [1.82, 2.24) is 0 Å². The van der Waals surface area contributed by atoms with E-state index in [1.807, 2.05) is 12.1 Å². The van der Waals surface area contributed by atoms with E-state index >= 15 is 0 Å². The second-order valence-electron chi connectivity index (χ2n) is 6.06. The molecule has 1 aromatic carbocycles. The fourth-order valence-corrected chi connectivity index (χ4v) is 3.51. The number of halogens is 1. The Kier molecular flexibility index (Phi) is 3.86. The van der Waals surface area contributed by atoms with Crippen LogP contribution in [0.5, 0.6) is 11.5 Å². The summed E-state index contributed by atoms with van der Waals surface area (Å²) in [6, 6.07) is 3.78. The first kappa shape index (κ1) is 14.7. The summed E-state index contributed by atoms with van der Waals surface area (Å²) in [5, 5.41) is 9.20. The molecule has 114 valence electrons. The Morgan fingerprint density at radius 1 is 1.43 bits per heavy atom. The number of benzene rings is 1. The van der Waals surface area contributed by atoms with E-state index in [1.165, 1.54) is 12.8 Å². The number of hydrogen-bond acceptors (Lipinski definition) is 3. The van der Waals surface area contributed by atoms with Crippen LogP contribution in [0.25, 0.3) is 0 Å². The summed E-state index contributed by atoms with van der Waals surface area (Å²) in [5.41, 5.74) is 0.655. The largest absolute Gasteiger partial charge is 0.493 e. The Bertz CT molecular complexity index is 562. The molecule has 1 aromatic rings. The minimum atomic E-state index is -0.768. The zero-order valence-electron chi connectivity index (χ0n) is 12.0. The van der Waals surface area contributed by atoms with Crippen LogP contribution in [0.3, 0.4) is 0 Å². The summed E-state index contributed by atoms with van der Waals surface area (Å²) in [7, 11) is 1.62. The van der Waals surface area contributed by atoms with Crippen molar-refractivity contribution in [3.63, 3.8) is 0 Å². The molecule has 0 bridgehead atoms. The molecule has 21 heavy (non-hydrogen) atoms. The van der Waals surface area contributed by atoms with Crippen LogP contribution in [0.4, 0.5) is 0 Å². The van der Waals surface area contributed by atoms with Gasteiger partial charge in [0.05, 0.1) is 20.1 Å². The highest BCUT2D eigenvalue weighted by Crippen LogP contribution is 2.58. The average molecular weight is 355 g/mol. The molecule has 5 heteroatoms. The average Bonchev–Trinajstić information content (AvgIpc) is 3.32. The lowest BCUT2D eigenvalue weighted by Crippen LogP contribution is -2.16. The molecule has 0 amide bonds. The van der Waals surface area contributed by atoms with Gasteiger partial charge in [-0.05, 0) is 43.7 Å². The number of carbonyl (C=O) groups is 1. The predicted molar refractivity (Wildman–Crippen MR) is 82.1 cm³/mol. The van der Waals surface area contributed by atoms with Gasteiger partial charge < -0.3 is 14.6 Å². The summed E-state index contributed by atoms with van der Waals surface area (Å²) >= 11 is 3.57. The molecular weight excluding hydrogens is 336 g/mol. The van der Waals surface area contributed by atoms with Crippen LogP contribution in [0.15, 0.2) is 16.6 Å². The molecule has 0 aromatic heterocycles. The summed E-state index contributed by atoms with van der Waals surface area (Å²) in [5.74, 6) is 1.27. The van der Waals surface area contributed by atoms with Crippen molar-refractivity contribution in [2.24, 2.45) is 5.92 Å². The van der Waals surface area contributed by atoms with E-state index in [9.17, 15) is 9.90 Å². The topological polar surface area (TPSA) is 55.8 Å². The van der Waals surface area contributed by atoms with Crippen molar-refractivity contribution >= 4 is 21.9 Å². The molecular formula is C16H19BrO4. The molecule has 2 fully saturated rings. The maximum Gasteiger partial charge on any atom is 0.304 e. The van der Waals surface area contributed by atoms with E-state index in [-0.39, 0.29) is 11.8 Å². The highest BCUT2D eigenvalue weighted by Gasteiger charge is 2.49. The maximum absolute atomic E-state index is 11.2. The summed E-state index contributed by atoms with van der Waals surface area (Å²) in [6.07, 6.45) is 4.33. The molecule has 2 saturated carbocycles. The zero-order chi connectivity index (χ0) is 15.0. The highest BCUT2D eigenvalue weighted by atomic mass is 79.9. The third-order valence-electron chi connectivity index (χ3n) is 4.32. The summed E-state index contributed by atoms with van der Waals surface area (Å²) in [6.45, 7) is 0.683. The molecule has 0 aliphatic heterocycles.